The van der Waals surface area contributed by atoms with E-state index in [-0.39, 0.29) is 5.82 Å². The van der Waals surface area contributed by atoms with Gasteiger partial charge in [0.15, 0.2) is 3.95 Å². The Balaban J connectivity index is 1.99. The maximum atomic E-state index is 12.6. The summed E-state index contributed by atoms with van der Waals surface area (Å²) in [6, 6.07) is 14.4. The Morgan fingerprint density at radius 3 is 2.33 bits per heavy atom. The Bertz CT molecular complexity index is 947. The van der Waals surface area contributed by atoms with Gasteiger partial charge in [-0.05, 0) is 36.5 Å². The topological polar surface area (TPSA) is 60.1 Å². The van der Waals surface area contributed by atoms with Gasteiger partial charge in [0.1, 0.15) is 10.7 Å². The zero-order chi connectivity index (χ0) is 17.3. The number of amides is 1. The number of rotatable bonds is 3. The fourth-order valence-corrected chi connectivity index (χ4v) is 3.91. The van der Waals surface area contributed by atoms with Gasteiger partial charge in [0.25, 0.3) is 5.91 Å². The van der Waals surface area contributed by atoms with Gasteiger partial charge in [-0.3, -0.25) is 9.36 Å². The lowest BCUT2D eigenvalue weighted by Gasteiger charge is -2.09. The molecule has 0 atom stereocenters. The number of halogens is 2. The van der Waals surface area contributed by atoms with Gasteiger partial charge in [-0.15, -0.1) is 0 Å². The first kappa shape index (κ1) is 17.0. The molecule has 1 heterocycles. The number of aromatic nitrogens is 1. The highest BCUT2D eigenvalue weighted by Crippen LogP contribution is 2.32. The van der Waals surface area contributed by atoms with Crippen molar-refractivity contribution in [2.45, 2.75) is 0 Å². The van der Waals surface area contributed by atoms with Crippen LogP contribution in [0.15, 0.2) is 48.5 Å². The van der Waals surface area contributed by atoms with E-state index in [0.717, 1.165) is 17.0 Å². The van der Waals surface area contributed by atoms with E-state index >= 15 is 0 Å². The first-order valence-corrected chi connectivity index (χ1v) is 8.79. The van der Waals surface area contributed by atoms with Crippen LogP contribution in [0.2, 0.25) is 10.0 Å². The minimum absolute atomic E-state index is 0.275. The van der Waals surface area contributed by atoms with Gasteiger partial charge in [-0.25, -0.2) is 0 Å². The third kappa shape index (κ3) is 3.18. The first-order valence-electron chi connectivity index (χ1n) is 6.81. The third-order valence-electron chi connectivity index (χ3n) is 3.27. The van der Waals surface area contributed by atoms with Gasteiger partial charge in [-0.1, -0.05) is 58.8 Å². The molecule has 1 aromatic heterocycles. The number of thiazole rings is 1. The molecule has 3 rings (SSSR count). The molecule has 0 aliphatic rings. The van der Waals surface area contributed by atoms with E-state index in [0.29, 0.717) is 24.6 Å². The average Bonchev–Trinajstić information content (AvgIpc) is 2.86. The highest BCUT2D eigenvalue weighted by molar-refractivity contribution is 7.73. The van der Waals surface area contributed by atoms with Gasteiger partial charge in [0.05, 0.1) is 15.7 Å². The molecule has 1 amide bonds. The van der Waals surface area contributed by atoms with Crippen LogP contribution in [0.4, 0.5) is 11.5 Å². The van der Waals surface area contributed by atoms with Crippen molar-refractivity contribution < 1.29 is 4.79 Å². The lowest BCUT2D eigenvalue weighted by molar-refractivity contribution is 0.103. The van der Waals surface area contributed by atoms with E-state index in [2.05, 4.69) is 5.32 Å². The van der Waals surface area contributed by atoms with Crippen LogP contribution in [-0.4, -0.2) is 10.5 Å². The minimum Gasteiger partial charge on any atom is -0.383 e. The minimum atomic E-state index is -0.409. The zero-order valence-electron chi connectivity index (χ0n) is 12.1. The molecular weight excluding hydrogens is 385 g/mol. The number of para-hydroxylation sites is 2. The summed E-state index contributed by atoms with van der Waals surface area (Å²) in [5.74, 6) is -0.134. The molecule has 0 radical (unpaired) electrons. The van der Waals surface area contributed by atoms with E-state index in [4.69, 9.17) is 41.2 Å². The molecule has 0 aliphatic heterocycles. The standard InChI is InChI=1S/C16H11Cl2N3OS2/c17-10-7-4-8-11(18)12(10)20-15(22)13-14(19)21(16(23)24-13)9-5-2-1-3-6-9/h1-8H,19H2,(H,20,22). The maximum absolute atomic E-state index is 12.6. The second-order valence-corrected chi connectivity index (χ2v) is 7.26. The van der Waals surface area contributed by atoms with Crippen molar-refractivity contribution in [2.24, 2.45) is 0 Å². The molecule has 0 saturated heterocycles. The summed E-state index contributed by atoms with van der Waals surface area (Å²) in [5.41, 5.74) is 7.29. The average molecular weight is 396 g/mol. The largest absolute Gasteiger partial charge is 0.383 e. The number of nitrogens with one attached hydrogen (secondary N) is 1. The molecule has 0 fully saturated rings. The van der Waals surface area contributed by atoms with Crippen LogP contribution in [-0.2, 0) is 0 Å². The molecule has 24 heavy (non-hydrogen) atoms. The van der Waals surface area contributed by atoms with Gasteiger partial charge >= 0.3 is 0 Å². The molecular formula is C16H11Cl2N3OS2. The summed E-state index contributed by atoms with van der Waals surface area (Å²) < 4.78 is 2.14. The molecule has 2 aromatic carbocycles. The highest BCUT2D eigenvalue weighted by Gasteiger charge is 2.19. The number of carbonyl (C=O) groups is 1. The van der Waals surface area contributed by atoms with Gasteiger partial charge in [-0.2, -0.15) is 0 Å². The fourth-order valence-electron chi connectivity index (χ4n) is 2.16. The molecule has 3 N–H and O–H groups in total. The monoisotopic (exact) mass is 395 g/mol. The van der Waals surface area contributed by atoms with Crippen molar-refractivity contribution in [3.8, 4) is 5.69 Å². The van der Waals surface area contributed by atoms with Crippen LogP contribution in [0.5, 0.6) is 0 Å². The van der Waals surface area contributed by atoms with Crippen LogP contribution in [0.3, 0.4) is 0 Å². The fraction of sp³-hybridized carbons (Fsp3) is 0. The Labute approximate surface area is 157 Å². The lowest BCUT2D eigenvalue weighted by Crippen LogP contribution is -2.14. The number of carbonyl (C=O) groups excluding carboxylic acids is 1. The Morgan fingerprint density at radius 2 is 1.71 bits per heavy atom. The molecule has 4 nitrogen and oxygen atoms in total. The number of nitrogens with zero attached hydrogens (tertiary/aromatic N) is 1. The number of hydrogen-bond acceptors (Lipinski definition) is 4. The lowest BCUT2D eigenvalue weighted by atomic mass is 10.3. The second kappa shape index (κ2) is 6.94. The molecule has 0 saturated carbocycles. The Kier molecular flexibility index (Phi) is 4.91. The van der Waals surface area contributed by atoms with Crippen LogP contribution in [0, 0.1) is 3.95 Å². The van der Waals surface area contributed by atoms with E-state index < -0.39 is 5.91 Å². The summed E-state index contributed by atoms with van der Waals surface area (Å²) in [7, 11) is 0. The van der Waals surface area contributed by atoms with Crippen molar-refractivity contribution in [3.05, 3.63) is 67.4 Å². The highest BCUT2D eigenvalue weighted by atomic mass is 35.5. The summed E-state index contributed by atoms with van der Waals surface area (Å²) in [6.45, 7) is 0. The SMILES string of the molecule is Nc1c(C(=O)Nc2c(Cl)cccc2Cl)sc(=S)n1-c1ccccc1. The summed E-state index contributed by atoms with van der Waals surface area (Å²) in [4.78, 5) is 12.9. The van der Waals surface area contributed by atoms with E-state index in [1.54, 1.807) is 22.8 Å². The number of nitrogen functional groups attached to an aromatic ring is 1. The summed E-state index contributed by atoms with van der Waals surface area (Å²) >= 11 is 18.6. The third-order valence-corrected chi connectivity index (χ3v) is 5.29. The summed E-state index contributed by atoms with van der Waals surface area (Å²) in [5, 5.41) is 3.39. The van der Waals surface area contributed by atoms with E-state index in [9.17, 15) is 4.79 Å². The number of anilines is 2. The molecule has 0 bridgehead atoms. The van der Waals surface area contributed by atoms with Crippen molar-refractivity contribution in [2.75, 3.05) is 11.1 Å². The molecule has 122 valence electrons. The van der Waals surface area contributed by atoms with Crippen molar-refractivity contribution in [1.29, 1.82) is 0 Å². The van der Waals surface area contributed by atoms with Crippen molar-refractivity contribution in [1.82, 2.24) is 4.57 Å². The Hall–Kier alpha value is -1.86. The molecule has 0 unspecified atom stereocenters. The quantitative estimate of drug-likeness (QED) is 0.582. The van der Waals surface area contributed by atoms with Crippen molar-refractivity contribution >= 4 is 64.2 Å². The van der Waals surface area contributed by atoms with Gasteiger partial charge in [0.2, 0.25) is 0 Å². The van der Waals surface area contributed by atoms with Gasteiger partial charge < -0.3 is 11.1 Å². The molecule has 8 heteroatoms. The van der Waals surface area contributed by atoms with Crippen LogP contribution < -0.4 is 11.1 Å². The van der Waals surface area contributed by atoms with Crippen LogP contribution in [0.1, 0.15) is 9.67 Å². The molecule has 0 spiro atoms. The van der Waals surface area contributed by atoms with E-state index in [1.807, 2.05) is 30.3 Å². The van der Waals surface area contributed by atoms with Crippen LogP contribution >= 0.6 is 46.8 Å². The molecule has 3 aromatic rings. The smallest absolute Gasteiger partial charge is 0.269 e. The molecule has 0 aliphatic carbocycles. The number of nitrogens with two attached hydrogens (primary N) is 1. The summed E-state index contributed by atoms with van der Waals surface area (Å²) in [6.07, 6.45) is 0. The number of hydrogen-bond donors (Lipinski definition) is 2. The van der Waals surface area contributed by atoms with E-state index in [1.165, 1.54) is 0 Å². The van der Waals surface area contributed by atoms with Crippen molar-refractivity contribution in [3.63, 3.8) is 0 Å². The Morgan fingerprint density at radius 1 is 1.08 bits per heavy atom. The van der Waals surface area contributed by atoms with Crippen LogP contribution in [0.25, 0.3) is 5.69 Å². The number of benzene rings is 2. The zero-order valence-corrected chi connectivity index (χ0v) is 15.3. The maximum Gasteiger partial charge on any atom is 0.269 e. The second-order valence-electron chi connectivity index (χ2n) is 4.80. The predicted molar refractivity (Wildman–Crippen MR) is 103 cm³/mol. The first-order chi connectivity index (χ1) is 11.5. The predicted octanol–water partition coefficient (Wildman–Crippen LogP) is 5.41. The van der Waals surface area contributed by atoms with Gasteiger partial charge in [0, 0.05) is 5.69 Å². The normalized spacial score (nSPS) is 10.6.